The van der Waals surface area contributed by atoms with Crippen molar-refractivity contribution in [1.29, 1.82) is 0 Å². The minimum Gasteiger partial charge on any atom is -0.475 e. The summed E-state index contributed by atoms with van der Waals surface area (Å²) in [7, 11) is 2.12. The van der Waals surface area contributed by atoms with Gasteiger partial charge in [0.25, 0.3) is 0 Å². The lowest BCUT2D eigenvalue weighted by Gasteiger charge is -2.18. The van der Waals surface area contributed by atoms with E-state index in [-0.39, 0.29) is 5.76 Å². The number of carboxylic acid groups (broad SMARTS) is 1. The first-order valence-corrected chi connectivity index (χ1v) is 7.80. The SMILES string of the molecule is CCCCN(C)Cc1cc2c(C)c(C(=O)O)oc2c(C)c1C. The summed E-state index contributed by atoms with van der Waals surface area (Å²) in [6.45, 7) is 10.0. The van der Waals surface area contributed by atoms with E-state index in [1.54, 1.807) is 0 Å². The van der Waals surface area contributed by atoms with E-state index < -0.39 is 5.97 Å². The molecule has 2 aromatic rings. The van der Waals surface area contributed by atoms with E-state index in [2.05, 4.69) is 31.9 Å². The fourth-order valence-electron chi connectivity index (χ4n) is 2.84. The molecule has 0 saturated heterocycles. The van der Waals surface area contributed by atoms with Gasteiger partial charge in [0.1, 0.15) is 5.58 Å². The number of aromatic carboxylic acids is 1. The number of rotatable bonds is 6. The molecule has 1 heterocycles. The van der Waals surface area contributed by atoms with Crippen molar-refractivity contribution in [2.45, 2.75) is 47.1 Å². The Morgan fingerprint density at radius 3 is 2.50 bits per heavy atom. The van der Waals surface area contributed by atoms with Gasteiger partial charge in [-0.05, 0) is 63.5 Å². The van der Waals surface area contributed by atoms with Crippen molar-refractivity contribution in [3.63, 3.8) is 0 Å². The van der Waals surface area contributed by atoms with Crippen LogP contribution in [0.4, 0.5) is 0 Å². The van der Waals surface area contributed by atoms with Gasteiger partial charge in [-0.15, -0.1) is 0 Å². The number of furan rings is 1. The second kappa shape index (κ2) is 6.53. The van der Waals surface area contributed by atoms with Crippen molar-refractivity contribution >= 4 is 16.9 Å². The molecule has 4 heteroatoms. The number of carboxylic acids is 1. The van der Waals surface area contributed by atoms with Gasteiger partial charge in [0.2, 0.25) is 5.76 Å². The number of nitrogens with zero attached hydrogens (tertiary/aromatic N) is 1. The van der Waals surface area contributed by atoms with Gasteiger partial charge >= 0.3 is 5.97 Å². The Balaban J connectivity index is 2.46. The zero-order chi connectivity index (χ0) is 16.4. The van der Waals surface area contributed by atoms with Crippen LogP contribution in [0.5, 0.6) is 0 Å². The molecule has 2 rings (SSSR count). The molecule has 0 atom stereocenters. The van der Waals surface area contributed by atoms with Crippen molar-refractivity contribution in [2.75, 3.05) is 13.6 Å². The van der Waals surface area contributed by atoms with Crippen LogP contribution in [0.25, 0.3) is 11.0 Å². The van der Waals surface area contributed by atoms with Gasteiger partial charge in [-0.3, -0.25) is 0 Å². The van der Waals surface area contributed by atoms with Gasteiger partial charge in [0.15, 0.2) is 0 Å². The summed E-state index contributed by atoms with van der Waals surface area (Å²) < 4.78 is 5.58. The van der Waals surface area contributed by atoms with Crippen LogP contribution >= 0.6 is 0 Å². The molecule has 0 amide bonds. The van der Waals surface area contributed by atoms with Crippen LogP contribution in [0.2, 0.25) is 0 Å². The first-order chi connectivity index (χ1) is 10.4. The van der Waals surface area contributed by atoms with E-state index >= 15 is 0 Å². The Labute approximate surface area is 131 Å². The topological polar surface area (TPSA) is 53.7 Å². The van der Waals surface area contributed by atoms with Crippen molar-refractivity contribution in [3.05, 3.63) is 34.1 Å². The Kier molecular flexibility index (Phi) is 4.91. The molecular weight excluding hydrogens is 278 g/mol. The Morgan fingerprint density at radius 1 is 1.23 bits per heavy atom. The molecule has 0 spiro atoms. The highest BCUT2D eigenvalue weighted by molar-refractivity contribution is 5.96. The van der Waals surface area contributed by atoms with Gasteiger partial charge in [-0.2, -0.15) is 0 Å². The van der Waals surface area contributed by atoms with Crippen LogP contribution in [0, 0.1) is 20.8 Å². The lowest BCUT2D eigenvalue weighted by molar-refractivity contribution is 0.0664. The second-order valence-corrected chi connectivity index (χ2v) is 6.12. The molecule has 1 aromatic heterocycles. The van der Waals surface area contributed by atoms with E-state index in [1.807, 2.05) is 13.8 Å². The number of aryl methyl sites for hydroxylation is 2. The summed E-state index contributed by atoms with van der Waals surface area (Å²) in [6.07, 6.45) is 2.37. The molecule has 1 N–H and O–H groups in total. The predicted octanol–water partition coefficient (Wildman–Crippen LogP) is 4.29. The Bertz CT molecular complexity index is 700. The maximum Gasteiger partial charge on any atom is 0.372 e. The highest BCUT2D eigenvalue weighted by atomic mass is 16.4. The molecule has 120 valence electrons. The van der Waals surface area contributed by atoms with Crippen LogP contribution in [-0.4, -0.2) is 29.6 Å². The Morgan fingerprint density at radius 2 is 1.91 bits per heavy atom. The molecule has 4 nitrogen and oxygen atoms in total. The summed E-state index contributed by atoms with van der Waals surface area (Å²) in [5.41, 5.74) is 4.87. The summed E-state index contributed by atoms with van der Waals surface area (Å²) in [5.74, 6) is -0.957. The van der Waals surface area contributed by atoms with Crippen LogP contribution in [-0.2, 0) is 6.54 Å². The maximum absolute atomic E-state index is 11.3. The average Bonchev–Trinajstić information content (AvgIpc) is 2.80. The predicted molar refractivity (Wildman–Crippen MR) is 88.6 cm³/mol. The second-order valence-electron chi connectivity index (χ2n) is 6.12. The molecule has 0 unspecified atom stereocenters. The lowest BCUT2D eigenvalue weighted by atomic mass is 9.98. The number of hydrogen-bond donors (Lipinski definition) is 1. The molecular formula is C18H25NO3. The molecule has 0 radical (unpaired) electrons. The van der Waals surface area contributed by atoms with Gasteiger partial charge in [0, 0.05) is 17.5 Å². The van der Waals surface area contributed by atoms with E-state index in [0.29, 0.717) is 11.1 Å². The number of unbranched alkanes of at least 4 members (excludes halogenated alkanes) is 1. The largest absolute Gasteiger partial charge is 0.475 e. The summed E-state index contributed by atoms with van der Waals surface area (Å²) in [4.78, 5) is 13.6. The van der Waals surface area contributed by atoms with Crippen molar-refractivity contribution in [3.8, 4) is 0 Å². The normalized spacial score (nSPS) is 11.5. The molecule has 0 fully saturated rings. The average molecular weight is 303 g/mol. The fourth-order valence-corrected chi connectivity index (χ4v) is 2.84. The van der Waals surface area contributed by atoms with Crippen LogP contribution in [0.3, 0.4) is 0 Å². The Hall–Kier alpha value is -1.81. The minimum absolute atomic E-state index is 0.0500. The van der Waals surface area contributed by atoms with Crippen molar-refractivity contribution < 1.29 is 14.3 Å². The quantitative estimate of drug-likeness (QED) is 0.865. The number of benzene rings is 1. The highest BCUT2D eigenvalue weighted by Crippen LogP contribution is 2.32. The smallest absolute Gasteiger partial charge is 0.372 e. The first kappa shape index (κ1) is 16.6. The van der Waals surface area contributed by atoms with Crippen molar-refractivity contribution in [2.24, 2.45) is 0 Å². The van der Waals surface area contributed by atoms with E-state index in [4.69, 9.17) is 4.42 Å². The monoisotopic (exact) mass is 303 g/mol. The number of carbonyl (C=O) groups is 1. The van der Waals surface area contributed by atoms with Gasteiger partial charge in [-0.25, -0.2) is 4.79 Å². The van der Waals surface area contributed by atoms with E-state index in [1.165, 1.54) is 24.0 Å². The summed E-state index contributed by atoms with van der Waals surface area (Å²) >= 11 is 0. The summed E-state index contributed by atoms with van der Waals surface area (Å²) in [5, 5.41) is 10.2. The maximum atomic E-state index is 11.3. The van der Waals surface area contributed by atoms with E-state index in [9.17, 15) is 9.90 Å². The number of fused-ring (bicyclic) bond motifs is 1. The molecule has 0 aliphatic carbocycles. The number of hydrogen-bond acceptors (Lipinski definition) is 3. The third-order valence-corrected chi connectivity index (χ3v) is 4.42. The molecule has 0 bridgehead atoms. The van der Waals surface area contributed by atoms with Gasteiger partial charge < -0.3 is 14.4 Å². The third-order valence-electron chi connectivity index (χ3n) is 4.42. The van der Waals surface area contributed by atoms with E-state index in [0.717, 1.165) is 24.0 Å². The van der Waals surface area contributed by atoms with Gasteiger partial charge in [-0.1, -0.05) is 13.3 Å². The highest BCUT2D eigenvalue weighted by Gasteiger charge is 2.20. The minimum atomic E-state index is -1.01. The standard InChI is InChI=1S/C18H25NO3/c1-6-7-8-19(5)10-14-9-15-13(4)17(18(20)21)22-16(15)12(3)11(14)2/h9H,6-8,10H2,1-5H3,(H,20,21). The molecule has 0 aliphatic rings. The molecule has 0 aliphatic heterocycles. The lowest BCUT2D eigenvalue weighted by Crippen LogP contribution is -2.19. The molecule has 1 aromatic carbocycles. The molecule has 22 heavy (non-hydrogen) atoms. The zero-order valence-electron chi connectivity index (χ0n) is 14.1. The zero-order valence-corrected chi connectivity index (χ0v) is 14.1. The van der Waals surface area contributed by atoms with Gasteiger partial charge in [0.05, 0.1) is 0 Å². The fraction of sp³-hybridized carbons (Fsp3) is 0.500. The van der Waals surface area contributed by atoms with Crippen LogP contribution < -0.4 is 0 Å². The summed E-state index contributed by atoms with van der Waals surface area (Å²) in [6, 6.07) is 2.09. The molecule has 0 saturated carbocycles. The van der Waals surface area contributed by atoms with Crippen LogP contribution in [0.15, 0.2) is 10.5 Å². The third kappa shape index (κ3) is 3.02. The van der Waals surface area contributed by atoms with Crippen molar-refractivity contribution in [1.82, 2.24) is 4.90 Å². The first-order valence-electron chi connectivity index (χ1n) is 7.80. The van der Waals surface area contributed by atoms with Crippen LogP contribution in [0.1, 0.15) is 52.6 Å².